The zero-order chi connectivity index (χ0) is 23.2. The minimum absolute atomic E-state index is 0.0101. The van der Waals surface area contributed by atoms with Crippen molar-refractivity contribution < 1.29 is 26.7 Å². The number of aromatic nitrogens is 2. The first-order valence-electron chi connectivity index (χ1n) is 10.5. The molecule has 1 saturated carbocycles. The van der Waals surface area contributed by atoms with E-state index >= 15 is 4.39 Å². The number of hydrogen-bond acceptors (Lipinski definition) is 7. The number of fused-ring (bicyclic) bond motifs is 1. The van der Waals surface area contributed by atoms with E-state index in [4.69, 9.17) is 4.74 Å². The Kier molecular flexibility index (Phi) is 5.45. The first kappa shape index (κ1) is 21.7. The highest BCUT2D eigenvalue weighted by Gasteiger charge is 2.36. The topological polar surface area (TPSA) is 101 Å². The molecule has 33 heavy (non-hydrogen) atoms. The molecule has 0 unspecified atom stereocenters. The Morgan fingerprint density at radius 2 is 1.85 bits per heavy atom. The molecule has 1 aliphatic carbocycles. The molecule has 1 N–H and O–H groups in total. The number of sulfonamides is 1. The van der Waals surface area contributed by atoms with Crippen LogP contribution in [0.1, 0.15) is 28.8 Å². The van der Waals surface area contributed by atoms with Crippen molar-refractivity contribution in [3.05, 3.63) is 59.3 Å². The number of rotatable bonds is 6. The second-order valence-corrected chi connectivity index (χ2v) is 9.95. The van der Waals surface area contributed by atoms with E-state index in [-0.39, 0.29) is 5.56 Å². The summed E-state index contributed by atoms with van der Waals surface area (Å²) in [6.45, 7) is 2.44. The van der Waals surface area contributed by atoms with Gasteiger partial charge in [0.1, 0.15) is 11.6 Å². The third-order valence-corrected chi connectivity index (χ3v) is 7.51. The van der Waals surface area contributed by atoms with Crippen LogP contribution in [0.25, 0.3) is 11.0 Å². The lowest BCUT2D eigenvalue weighted by Gasteiger charge is -2.27. The predicted molar refractivity (Wildman–Crippen MR) is 118 cm³/mol. The fourth-order valence-corrected chi connectivity index (χ4v) is 5.07. The number of ketones is 1. The number of carbonyl (C=O) groups is 1. The van der Waals surface area contributed by atoms with Gasteiger partial charge in [-0.1, -0.05) is 0 Å². The quantitative estimate of drug-likeness (QED) is 0.548. The molecule has 2 fully saturated rings. The Bertz CT molecular complexity index is 1360. The molecule has 0 atom stereocenters. The summed E-state index contributed by atoms with van der Waals surface area (Å²) < 4.78 is 61.4. The molecule has 2 aliphatic rings. The Labute approximate surface area is 188 Å². The summed E-state index contributed by atoms with van der Waals surface area (Å²) in [4.78, 5) is 24.0. The third kappa shape index (κ3) is 4.25. The van der Waals surface area contributed by atoms with Crippen LogP contribution in [0.5, 0.6) is 0 Å². The molecule has 172 valence electrons. The Hall–Kier alpha value is -3.18. The van der Waals surface area contributed by atoms with Crippen LogP contribution in [0, 0.1) is 11.6 Å². The van der Waals surface area contributed by atoms with Gasteiger partial charge in [-0.05, 0) is 43.2 Å². The van der Waals surface area contributed by atoms with Crippen molar-refractivity contribution in [1.82, 2.24) is 9.97 Å². The maximum atomic E-state index is 15.1. The third-order valence-electron chi connectivity index (χ3n) is 5.66. The van der Waals surface area contributed by atoms with E-state index in [2.05, 4.69) is 14.7 Å². The first-order valence-corrected chi connectivity index (χ1v) is 12.0. The smallest absolute Gasteiger partial charge is 0.235 e. The van der Waals surface area contributed by atoms with Gasteiger partial charge in [0.05, 0.1) is 46.9 Å². The summed E-state index contributed by atoms with van der Waals surface area (Å²) in [5.74, 6) is -2.64. The van der Waals surface area contributed by atoms with Gasteiger partial charge in [0.2, 0.25) is 10.0 Å². The summed E-state index contributed by atoms with van der Waals surface area (Å²) in [6.07, 6.45) is 2.59. The number of morpholine rings is 1. The lowest BCUT2D eigenvalue weighted by Crippen LogP contribution is -2.36. The maximum absolute atomic E-state index is 15.1. The average molecular weight is 474 g/mol. The zero-order valence-electron chi connectivity index (χ0n) is 17.4. The summed E-state index contributed by atoms with van der Waals surface area (Å²) in [5.41, 5.74) is -0.355. The molecule has 1 aromatic heterocycles. The number of benzene rings is 2. The van der Waals surface area contributed by atoms with E-state index in [0.29, 0.717) is 56.0 Å². The molecule has 3 aromatic rings. The second kappa shape index (κ2) is 8.31. The van der Waals surface area contributed by atoms with Crippen LogP contribution in [-0.2, 0) is 14.8 Å². The van der Waals surface area contributed by atoms with Crippen molar-refractivity contribution in [1.29, 1.82) is 0 Å². The number of nitrogens with one attached hydrogen (secondary N) is 1. The molecule has 5 rings (SSSR count). The molecule has 11 heteroatoms. The van der Waals surface area contributed by atoms with E-state index in [1.807, 2.05) is 4.90 Å². The summed E-state index contributed by atoms with van der Waals surface area (Å²) in [7, 11) is -3.78. The normalized spacial score (nSPS) is 16.7. The fraction of sp³-hybridized carbons (Fsp3) is 0.318. The highest BCUT2D eigenvalue weighted by molar-refractivity contribution is 7.93. The largest absolute Gasteiger partial charge is 0.378 e. The molecule has 0 radical (unpaired) electrons. The Morgan fingerprint density at radius 3 is 2.58 bits per heavy atom. The zero-order valence-corrected chi connectivity index (χ0v) is 18.2. The number of hydrogen-bond donors (Lipinski definition) is 1. The number of halogens is 2. The predicted octanol–water partition coefficient (Wildman–Crippen LogP) is 2.88. The summed E-state index contributed by atoms with van der Waals surface area (Å²) in [6, 6.07) is 6.23. The van der Waals surface area contributed by atoms with Crippen molar-refractivity contribution >= 4 is 38.3 Å². The van der Waals surface area contributed by atoms with Gasteiger partial charge in [-0.2, -0.15) is 0 Å². The number of carbonyl (C=O) groups excluding carboxylic acids is 1. The standard InChI is InChI=1S/C22H20F2N4O4S/c23-15-4-6-17(27-33(30,31)14-2-3-14)21(24)20(15)22(29)13-1-5-16-18(11-13)26-19(12-25-16)28-7-9-32-10-8-28/h1,4-6,11-12,14,27H,2-3,7-10H2. The highest BCUT2D eigenvalue weighted by atomic mass is 32.2. The van der Waals surface area contributed by atoms with Gasteiger partial charge in [-0.15, -0.1) is 0 Å². The van der Waals surface area contributed by atoms with Crippen LogP contribution in [0.2, 0.25) is 0 Å². The van der Waals surface area contributed by atoms with Crippen molar-refractivity contribution in [3.63, 3.8) is 0 Å². The SMILES string of the molecule is O=C(c1ccc2ncc(N3CCOCC3)nc2c1)c1c(F)ccc(NS(=O)(=O)C2CC2)c1F. The number of ether oxygens (including phenoxy) is 1. The van der Waals surface area contributed by atoms with Gasteiger partial charge in [0.15, 0.2) is 11.6 Å². The van der Waals surface area contributed by atoms with Gasteiger partial charge in [0, 0.05) is 18.7 Å². The fourth-order valence-electron chi connectivity index (χ4n) is 3.69. The second-order valence-electron chi connectivity index (χ2n) is 7.99. The molecule has 1 aliphatic heterocycles. The van der Waals surface area contributed by atoms with Crippen LogP contribution >= 0.6 is 0 Å². The Morgan fingerprint density at radius 1 is 1.09 bits per heavy atom. The molecule has 8 nitrogen and oxygen atoms in total. The Balaban J connectivity index is 1.49. The van der Waals surface area contributed by atoms with Crippen LogP contribution in [0.15, 0.2) is 36.5 Å². The highest BCUT2D eigenvalue weighted by Crippen LogP contribution is 2.32. The molecule has 0 spiro atoms. The molecular weight excluding hydrogens is 454 g/mol. The van der Waals surface area contributed by atoms with Crippen molar-refractivity contribution in [2.24, 2.45) is 0 Å². The summed E-state index contributed by atoms with van der Waals surface area (Å²) >= 11 is 0. The molecule has 0 bridgehead atoms. The van der Waals surface area contributed by atoms with Gasteiger partial charge in [-0.3, -0.25) is 14.5 Å². The van der Waals surface area contributed by atoms with Crippen LogP contribution in [0.3, 0.4) is 0 Å². The van der Waals surface area contributed by atoms with Crippen molar-refractivity contribution in [2.45, 2.75) is 18.1 Å². The van der Waals surface area contributed by atoms with Crippen molar-refractivity contribution in [3.8, 4) is 0 Å². The number of nitrogens with zero attached hydrogens (tertiary/aromatic N) is 3. The van der Waals surface area contributed by atoms with Gasteiger partial charge < -0.3 is 9.64 Å². The van der Waals surface area contributed by atoms with E-state index < -0.39 is 43.9 Å². The number of anilines is 2. The molecule has 1 saturated heterocycles. The van der Waals surface area contributed by atoms with E-state index in [9.17, 15) is 17.6 Å². The molecule has 2 aromatic carbocycles. The molecule has 2 heterocycles. The lowest BCUT2D eigenvalue weighted by atomic mass is 10.0. The molecule has 0 amide bonds. The van der Waals surface area contributed by atoms with Crippen LogP contribution in [-0.4, -0.2) is 55.7 Å². The average Bonchev–Trinajstić information content (AvgIpc) is 3.67. The van der Waals surface area contributed by atoms with Gasteiger partial charge in [0.25, 0.3) is 0 Å². The van der Waals surface area contributed by atoms with Gasteiger partial charge in [-0.25, -0.2) is 22.2 Å². The van der Waals surface area contributed by atoms with E-state index in [1.165, 1.54) is 12.1 Å². The van der Waals surface area contributed by atoms with Gasteiger partial charge >= 0.3 is 0 Å². The van der Waals surface area contributed by atoms with E-state index in [1.54, 1.807) is 12.3 Å². The minimum Gasteiger partial charge on any atom is -0.378 e. The minimum atomic E-state index is -3.78. The monoisotopic (exact) mass is 474 g/mol. The molecular formula is C22H20F2N4O4S. The lowest BCUT2D eigenvalue weighted by molar-refractivity contribution is 0.103. The van der Waals surface area contributed by atoms with E-state index in [0.717, 1.165) is 12.1 Å². The van der Waals surface area contributed by atoms with Crippen molar-refractivity contribution in [2.75, 3.05) is 35.9 Å². The van der Waals surface area contributed by atoms with Crippen LogP contribution in [0.4, 0.5) is 20.3 Å². The maximum Gasteiger partial charge on any atom is 0.235 e. The van der Waals surface area contributed by atoms with Crippen LogP contribution < -0.4 is 9.62 Å². The summed E-state index contributed by atoms with van der Waals surface area (Å²) in [5, 5.41) is -0.596. The first-order chi connectivity index (χ1) is 15.8.